The number of nitrogens with zero attached hydrogens (tertiary/aromatic N) is 3. The summed E-state index contributed by atoms with van der Waals surface area (Å²) in [6.07, 6.45) is 2.56. The number of anilines is 1. The maximum Gasteiger partial charge on any atom is 0.174 e. The Morgan fingerprint density at radius 3 is 3.05 bits per heavy atom. The molecule has 3 heterocycles. The second-order valence-electron chi connectivity index (χ2n) is 5.40. The van der Waals surface area contributed by atoms with Crippen LogP contribution in [0, 0.1) is 0 Å². The van der Waals surface area contributed by atoms with Gasteiger partial charge in [-0.3, -0.25) is 4.68 Å². The first-order chi connectivity index (χ1) is 9.65. The molecule has 108 valence electrons. The molecule has 1 N–H and O–H groups in total. The molecule has 2 aromatic rings. The predicted molar refractivity (Wildman–Crippen MR) is 83.1 cm³/mol. The fourth-order valence-electron chi connectivity index (χ4n) is 2.52. The molecule has 0 spiro atoms. The van der Waals surface area contributed by atoms with Crippen LogP contribution in [0.3, 0.4) is 0 Å². The van der Waals surface area contributed by atoms with Crippen molar-refractivity contribution in [1.29, 1.82) is 0 Å². The van der Waals surface area contributed by atoms with Crippen molar-refractivity contribution in [3.8, 4) is 0 Å². The van der Waals surface area contributed by atoms with Gasteiger partial charge >= 0.3 is 0 Å². The van der Waals surface area contributed by atoms with Crippen LogP contribution in [0.4, 0.5) is 5.82 Å². The van der Waals surface area contributed by atoms with E-state index >= 15 is 0 Å². The predicted octanol–water partition coefficient (Wildman–Crippen LogP) is 3.37. The van der Waals surface area contributed by atoms with E-state index in [0.29, 0.717) is 12.1 Å². The molecule has 5 nitrogen and oxygen atoms in total. The number of halogens is 1. The number of aromatic nitrogens is 3. The van der Waals surface area contributed by atoms with E-state index in [1.165, 1.54) is 0 Å². The summed E-state index contributed by atoms with van der Waals surface area (Å²) in [4.78, 5) is 4.55. The number of pyridine rings is 1. The molecule has 0 saturated carbocycles. The van der Waals surface area contributed by atoms with Crippen molar-refractivity contribution in [3.05, 3.63) is 16.7 Å². The number of rotatable bonds is 4. The van der Waals surface area contributed by atoms with Gasteiger partial charge < -0.3 is 10.1 Å². The van der Waals surface area contributed by atoms with E-state index in [1.807, 2.05) is 10.7 Å². The number of hydrogen-bond acceptors (Lipinski definition) is 4. The van der Waals surface area contributed by atoms with Gasteiger partial charge in [0.1, 0.15) is 10.1 Å². The van der Waals surface area contributed by atoms with Gasteiger partial charge in [0, 0.05) is 19.2 Å². The van der Waals surface area contributed by atoms with Crippen molar-refractivity contribution in [1.82, 2.24) is 14.8 Å². The molecular weight excluding hydrogens is 320 g/mol. The van der Waals surface area contributed by atoms with Crippen molar-refractivity contribution in [2.75, 3.05) is 18.5 Å². The van der Waals surface area contributed by atoms with Gasteiger partial charge in [0.25, 0.3) is 0 Å². The normalized spacial score (nSPS) is 19.1. The van der Waals surface area contributed by atoms with Crippen molar-refractivity contribution in [3.63, 3.8) is 0 Å². The second kappa shape index (κ2) is 5.69. The fourth-order valence-corrected chi connectivity index (χ4v) is 2.83. The van der Waals surface area contributed by atoms with Crippen molar-refractivity contribution in [2.24, 2.45) is 0 Å². The van der Waals surface area contributed by atoms with Crippen LogP contribution < -0.4 is 5.32 Å². The lowest BCUT2D eigenvalue weighted by Gasteiger charge is -2.10. The molecule has 0 radical (unpaired) electrons. The minimum absolute atomic E-state index is 0.293. The molecule has 0 aliphatic carbocycles. The Bertz CT molecular complexity index is 604. The molecule has 1 saturated heterocycles. The van der Waals surface area contributed by atoms with Crippen LogP contribution in [-0.2, 0) is 4.74 Å². The monoisotopic (exact) mass is 338 g/mol. The lowest BCUT2D eigenvalue weighted by Crippen LogP contribution is -2.19. The van der Waals surface area contributed by atoms with Gasteiger partial charge in [0.2, 0.25) is 0 Å². The van der Waals surface area contributed by atoms with E-state index in [-0.39, 0.29) is 0 Å². The molecule has 1 fully saturated rings. The minimum Gasteiger partial charge on any atom is -0.376 e. The Labute approximate surface area is 126 Å². The van der Waals surface area contributed by atoms with Crippen LogP contribution >= 0.6 is 15.9 Å². The quantitative estimate of drug-likeness (QED) is 0.868. The topological polar surface area (TPSA) is 52.0 Å². The molecule has 6 heteroatoms. The number of hydrogen-bond donors (Lipinski definition) is 1. The molecule has 0 amide bonds. The largest absolute Gasteiger partial charge is 0.376 e. The van der Waals surface area contributed by atoms with Crippen LogP contribution in [0.15, 0.2) is 16.7 Å². The summed E-state index contributed by atoms with van der Waals surface area (Å²) in [7, 11) is 0. The Hall–Kier alpha value is -1.14. The summed E-state index contributed by atoms with van der Waals surface area (Å²) in [6, 6.07) is 4.31. The molecule has 3 rings (SSSR count). The third-order valence-electron chi connectivity index (χ3n) is 3.53. The SMILES string of the molecule is CC(C)n1nc(NCC2CCCO2)c2nc(Br)ccc21. The number of ether oxygens (including phenoxy) is 1. The highest BCUT2D eigenvalue weighted by atomic mass is 79.9. The van der Waals surface area contributed by atoms with Crippen LogP contribution in [0.2, 0.25) is 0 Å². The highest BCUT2D eigenvalue weighted by Gasteiger charge is 2.18. The summed E-state index contributed by atoms with van der Waals surface area (Å²) in [5.74, 6) is 0.838. The van der Waals surface area contributed by atoms with Gasteiger partial charge in [-0.1, -0.05) is 0 Å². The van der Waals surface area contributed by atoms with Gasteiger partial charge in [-0.2, -0.15) is 5.10 Å². The molecule has 20 heavy (non-hydrogen) atoms. The Balaban J connectivity index is 1.90. The molecule has 1 atom stereocenters. The molecule has 1 aliphatic heterocycles. The molecular formula is C14H19BrN4O. The van der Waals surface area contributed by atoms with Crippen molar-refractivity contribution < 1.29 is 4.74 Å². The van der Waals surface area contributed by atoms with Crippen molar-refractivity contribution in [2.45, 2.75) is 38.8 Å². The Kier molecular flexibility index (Phi) is 3.94. The van der Waals surface area contributed by atoms with Gasteiger partial charge in [-0.15, -0.1) is 0 Å². The summed E-state index contributed by atoms with van der Waals surface area (Å²) in [5.41, 5.74) is 1.96. The molecule has 1 unspecified atom stereocenters. The smallest absolute Gasteiger partial charge is 0.174 e. The summed E-state index contributed by atoms with van der Waals surface area (Å²) in [5, 5.41) is 8.05. The van der Waals surface area contributed by atoms with Crippen LogP contribution in [0.1, 0.15) is 32.7 Å². The average Bonchev–Trinajstić information content (AvgIpc) is 3.03. The lowest BCUT2D eigenvalue weighted by atomic mass is 10.2. The van der Waals surface area contributed by atoms with E-state index in [1.54, 1.807) is 0 Å². The lowest BCUT2D eigenvalue weighted by molar-refractivity contribution is 0.120. The van der Waals surface area contributed by atoms with E-state index in [4.69, 9.17) is 4.74 Å². The first-order valence-corrected chi connectivity index (χ1v) is 7.84. The van der Waals surface area contributed by atoms with E-state index < -0.39 is 0 Å². The molecule has 1 aliphatic rings. The molecule has 0 aromatic carbocycles. The zero-order chi connectivity index (χ0) is 14.1. The Morgan fingerprint density at radius 1 is 1.50 bits per heavy atom. The minimum atomic E-state index is 0.293. The number of nitrogens with one attached hydrogen (secondary N) is 1. The maximum atomic E-state index is 5.64. The maximum absolute atomic E-state index is 5.64. The fraction of sp³-hybridized carbons (Fsp3) is 0.571. The highest BCUT2D eigenvalue weighted by Crippen LogP contribution is 2.26. The Morgan fingerprint density at radius 2 is 2.35 bits per heavy atom. The molecule has 0 bridgehead atoms. The second-order valence-corrected chi connectivity index (χ2v) is 6.22. The number of fused-ring (bicyclic) bond motifs is 1. The summed E-state index contributed by atoms with van der Waals surface area (Å²) >= 11 is 3.43. The first-order valence-electron chi connectivity index (χ1n) is 7.05. The standard InChI is InChI=1S/C14H19BrN4O/c1-9(2)19-11-5-6-12(15)17-13(11)14(18-19)16-8-10-4-3-7-20-10/h5-6,9-10H,3-4,7-8H2,1-2H3,(H,16,18). The summed E-state index contributed by atoms with van der Waals surface area (Å²) < 4.78 is 8.47. The third kappa shape index (κ3) is 2.67. The van der Waals surface area contributed by atoms with Crippen LogP contribution in [0.25, 0.3) is 11.0 Å². The van der Waals surface area contributed by atoms with Gasteiger partial charge in [-0.05, 0) is 54.8 Å². The zero-order valence-corrected chi connectivity index (χ0v) is 13.4. The van der Waals surface area contributed by atoms with Gasteiger partial charge in [-0.25, -0.2) is 4.98 Å². The van der Waals surface area contributed by atoms with E-state index in [9.17, 15) is 0 Å². The summed E-state index contributed by atoms with van der Waals surface area (Å²) in [6.45, 7) is 5.91. The first kappa shape index (κ1) is 13.8. The van der Waals surface area contributed by atoms with Gasteiger partial charge in [0.05, 0.1) is 11.6 Å². The average molecular weight is 339 g/mol. The highest BCUT2D eigenvalue weighted by molar-refractivity contribution is 9.10. The van der Waals surface area contributed by atoms with Crippen LogP contribution in [-0.4, -0.2) is 34.0 Å². The third-order valence-corrected chi connectivity index (χ3v) is 3.97. The zero-order valence-electron chi connectivity index (χ0n) is 11.8. The van der Waals surface area contributed by atoms with E-state index in [0.717, 1.165) is 47.4 Å². The van der Waals surface area contributed by atoms with E-state index in [2.05, 4.69) is 51.2 Å². The van der Waals surface area contributed by atoms with Crippen LogP contribution in [0.5, 0.6) is 0 Å². The molecule has 2 aromatic heterocycles. The van der Waals surface area contributed by atoms with Crippen molar-refractivity contribution >= 4 is 32.8 Å². The van der Waals surface area contributed by atoms with Gasteiger partial charge in [0.15, 0.2) is 5.82 Å².